The van der Waals surface area contributed by atoms with Crippen molar-refractivity contribution in [1.82, 2.24) is 10.2 Å². The fraction of sp³-hybridized carbons (Fsp3) is 0.500. The Bertz CT molecular complexity index is 490. The van der Waals surface area contributed by atoms with E-state index in [0.717, 1.165) is 18.5 Å². The first-order chi connectivity index (χ1) is 10.0. The van der Waals surface area contributed by atoms with Gasteiger partial charge in [0.1, 0.15) is 0 Å². The van der Waals surface area contributed by atoms with Gasteiger partial charge in [0.05, 0.1) is 19.1 Å². The monoisotopic (exact) mass is 290 g/mol. The summed E-state index contributed by atoms with van der Waals surface area (Å²) in [5.74, 6) is -0.334. The van der Waals surface area contributed by atoms with Gasteiger partial charge in [-0.05, 0) is 24.4 Å². The van der Waals surface area contributed by atoms with Crippen LogP contribution in [0.2, 0.25) is 0 Å². The molecule has 1 aromatic rings. The number of hydrogen-bond donors (Lipinski definition) is 2. The van der Waals surface area contributed by atoms with Crippen molar-refractivity contribution in [2.24, 2.45) is 5.92 Å². The molecule has 1 aromatic carbocycles. The molecule has 0 saturated carbocycles. The number of nitrogens with one attached hydrogen (secondary N) is 1. The normalized spacial score (nSPS) is 22.8. The lowest BCUT2D eigenvalue weighted by molar-refractivity contribution is -0.131. The van der Waals surface area contributed by atoms with Crippen LogP contribution in [0.1, 0.15) is 18.9 Å². The number of rotatable bonds is 4. The lowest BCUT2D eigenvalue weighted by atomic mass is 9.96. The molecular formula is C16H22N2O3. The third-order valence-corrected chi connectivity index (χ3v) is 3.86. The second-order valence-electron chi connectivity index (χ2n) is 5.70. The number of carbonyl (C=O) groups excluding carboxylic acids is 2. The van der Waals surface area contributed by atoms with Gasteiger partial charge in [-0.15, -0.1) is 0 Å². The molecule has 2 amide bonds. The molecule has 0 spiro atoms. The zero-order valence-corrected chi connectivity index (χ0v) is 12.3. The van der Waals surface area contributed by atoms with E-state index in [9.17, 15) is 14.7 Å². The van der Waals surface area contributed by atoms with E-state index in [1.807, 2.05) is 42.2 Å². The molecule has 2 rings (SSSR count). The van der Waals surface area contributed by atoms with Crippen molar-refractivity contribution >= 4 is 11.8 Å². The molecule has 2 N–H and O–H groups in total. The maximum Gasteiger partial charge on any atom is 0.240 e. The van der Waals surface area contributed by atoms with Crippen LogP contribution in [-0.4, -0.2) is 47.6 Å². The summed E-state index contributed by atoms with van der Waals surface area (Å²) in [7, 11) is 0. The van der Waals surface area contributed by atoms with Crippen molar-refractivity contribution in [2.45, 2.75) is 25.9 Å². The molecule has 1 heterocycles. The van der Waals surface area contributed by atoms with E-state index in [1.165, 1.54) is 0 Å². The second-order valence-corrected chi connectivity index (χ2v) is 5.70. The molecule has 0 aromatic heterocycles. The Labute approximate surface area is 125 Å². The molecule has 1 aliphatic rings. The highest BCUT2D eigenvalue weighted by Gasteiger charge is 2.25. The van der Waals surface area contributed by atoms with Gasteiger partial charge in [-0.2, -0.15) is 0 Å². The maximum absolute atomic E-state index is 11.8. The number of imide groups is 1. The van der Waals surface area contributed by atoms with Gasteiger partial charge in [0.15, 0.2) is 0 Å². The largest absolute Gasteiger partial charge is 0.392 e. The summed E-state index contributed by atoms with van der Waals surface area (Å²) in [6.45, 7) is 3.43. The summed E-state index contributed by atoms with van der Waals surface area (Å²) in [6, 6.07) is 9.32. The predicted octanol–water partition coefficient (Wildman–Crippen LogP) is 0.575. The quantitative estimate of drug-likeness (QED) is 0.851. The first kappa shape index (κ1) is 15.7. The van der Waals surface area contributed by atoms with Gasteiger partial charge in [0, 0.05) is 6.54 Å². The van der Waals surface area contributed by atoms with Crippen LogP contribution in [0.15, 0.2) is 30.3 Å². The van der Waals surface area contributed by atoms with E-state index in [4.69, 9.17) is 0 Å². The highest BCUT2D eigenvalue weighted by atomic mass is 16.3. The first-order valence-corrected chi connectivity index (χ1v) is 7.31. The number of amides is 2. The van der Waals surface area contributed by atoms with Crippen LogP contribution < -0.4 is 5.32 Å². The van der Waals surface area contributed by atoms with E-state index in [-0.39, 0.29) is 30.7 Å². The van der Waals surface area contributed by atoms with E-state index < -0.39 is 6.10 Å². The highest BCUT2D eigenvalue weighted by Crippen LogP contribution is 2.16. The lowest BCUT2D eigenvalue weighted by Gasteiger charge is -2.33. The standard InChI is InChI=1S/C16H22N2O3/c1-12-7-8-18(10-14(12)19)11-16(21)17-15(20)9-13-5-3-2-4-6-13/h2-6,12,14,19H,7-11H2,1H3,(H,17,20,21). The van der Waals surface area contributed by atoms with E-state index in [1.54, 1.807) is 0 Å². The lowest BCUT2D eigenvalue weighted by Crippen LogP contribution is -2.48. The van der Waals surface area contributed by atoms with Crippen LogP contribution in [-0.2, 0) is 16.0 Å². The van der Waals surface area contributed by atoms with Crippen LogP contribution in [0.3, 0.4) is 0 Å². The molecule has 2 atom stereocenters. The Morgan fingerprint density at radius 1 is 1.29 bits per heavy atom. The van der Waals surface area contributed by atoms with E-state index >= 15 is 0 Å². The van der Waals surface area contributed by atoms with E-state index in [2.05, 4.69) is 5.32 Å². The minimum absolute atomic E-state index is 0.157. The number of hydrogen-bond acceptors (Lipinski definition) is 4. The number of β-amino-alcohol motifs (C(OH)–C–C–N with tert-alkyl or cyclic N) is 1. The van der Waals surface area contributed by atoms with Crippen molar-refractivity contribution in [1.29, 1.82) is 0 Å². The Morgan fingerprint density at radius 3 is 2.67 bits per heavy atom. The molecular weight excluding hydrogens is 268 g/mol. The number of aliphatic hydroxyl groups excluding tert-OH is 1. The molecule has 5 nitrogen and oxygen atoms in total. The van der Waals surface area contributed by atoms with Gasteiger partial charge in [0.25, 0.3) is 0 Å². The summed E-state index contributed by atoms with van der Waals surface area (Å²) in [5.41, 5.74) is 0.880. The number of nitrogens with zero attached hydrogens (tertiary/aromatic N) is 1. The summed E-state index contributed by atoms with van der Waals surface area (Å²) >= 11 is 0. The zero-order valence-electron chi connectivity index (χ0n) is 12.3. The molecule has 1 fully saturated rings. The Balaban J connectivity index is 1.75. The van der Waals surface area contributed by atoms with Gasteiger partial charge in [0.2, 0.25) is 11.8 Å². The molecule has 114 valence electrons. The second kappa shape index (κ2) is 7.33. The average Bonchev–Trinajstić information content (AvgIpc) is 2.43. The van der Waals surface area contributed by atoms with Crippen LogP contribution in [0.25, 0.3) is 0 Å². The molecule has 1 aliphatic heterocycles. The van der Waals surface area contributed by atoms with Crippen molar-refractivity contribution in [2.75, 3.05) is 19.6 Å². The van der Waals surface area contributed by atoms with Crippen LogP contribution in [0.4, 0.5) is 0 Å². The fourth-order valence-electron chi connectivity index (χ4n) is 2.48. The zero-order chi connectivity index (χ0) is 15.2. The van der Waals surface area contributed by atoms with Gasteiger partial charge in [-0.25, -0.2) is 0 Å². The van der Waals surface area contributed by atoms with Crippen molar-refractivity contribution in [3.63, 3.8) is 0 Å². The van der Waals surface area contributed by atoms with Crippen molar-refractivity contribution in [3.8, 4) is 0 Å². The summed E-state index contributed by atoms with van der Waals surface area (Å²) in [4.78, 5) is 25.5. The minimum Gasteiger partial charge on any atom is -0.392 e. The smallest absolute Gasteiger partial charge is 0.240 e. The summed E-state index contributed by atoms with van der Waals surface area (Å²) in [5, 5.41) is 12.2. The topological polar surface area (TPSA) is 69.6 Å². The molecule has 5 heteroatoms. The number of carbonyl (C=O) groups is 2. The van der Waals surface area contributed by atoms with Crippen LogP contribution in [0, 0.1) is 5.92 Å². The Kier molecular flexibility index (Phi) is 5.47. The van der Waals surface area contributed by atoms with Gasteiger partial charge >= 0.3 is 0 Å². The fourth-order valence-corrected chi connectivity index (χ4v) is 2.48. The Hall–Kier alpha value is -1.72. The molecule has 0 bridgehead atoms. The number of aliphatic hydroxyl groups is 1. The molecule has 1 saturated heterocycles. The third-order valence-electron chi connectivity index (χ3n) is 3.86. The van der Waals surface area contributed by atoms with Gasteiger partial charge in [-0.1, -0.05) is 37.3 Å². The predicted molar refractivity (Wildman–Crippen MR) is 79.5 cm³/mol. The van der Waals surface area contributed by atoms with Gasteiger partial charge in [-0.3, -0.25) is 19.8 Å². The summed E-state index contributed by atoms with van der Waals surface area (Å²) in [6.07, 6.45) is 0.671. The van der Waals surface area contributed by atoms with Crippen LogP contribution >= 0.6 is 0 Å². The molecule has 2 unspecified atom stereocenters. The van der Waals surface area contributed by atoms with Crippen molar-refractivity contribution in [3.05, 3.63) is 35.9 Å². The average molecular weight is 290 g/mol. The molecule has 0 aliphatic carbocycles. The highest BCUT2D eigenvalue weighted by molar-refractivity contribution is 5.96. The minimum atomic E-state index is -0.397. The Morgan fingerprint density at radius 2 is 2.00 bits per heavy atom. The molecule has 0 radical (unpaired) electrons. The molecule has 21 heavy (non-hydrogen) atoms. The van der Waals surface area contributed by atoms with Crippen LogP contribution in [0.5, 0.6) is 0 Å². The number of likely N-dealkylation sites (tertiary alicyclic amines) is 1. The van der Waals surface area contributed by atoms with Gasteiger partial charge < -0.3 is 5.11 Å². The number of benzene rings is 1. The number of piperidine rings is 1. The third kappa shape index (κ3) is 4.95. The van der Waals surface area contributed by atoms with Crippen molar-refractivity contribution < 1.29 is 14.7 Å². The first-order valence-electron chi connectivity index (χ1n) is 7.31. The van der Waals surface area contributed by atoms with E-state index in [0.29, 0.717) is 6.54 Å². The summed E-state index contributed by atoms with van der Waals surface area (Å²) < 4.78 is 0. The SMILES string of the molecule is CC1CCN(CC(=O)NC(=O)Cc2ccccc2)CC1O. The maximum atomic E-state index is 11.8.